The Hall–Kier alpha value is -0.940. The molecule has 0 saturated heterocycles. The van der Waals surface area contributed by atoms with Crippen molar-refractivity contribution in [2.75, 3.05) is 7.05 Å². The SMILES string of the molecule is CNC(C(=O)OC(C)(C)C)c1cncc(Br)c1. The number of ether oxygens (including phenoxy) is 1. The van der Waals surface area contributed by atoms with Crippen LogP contribution in [0.25, 0.3) is 0 Å². The molecule has 0 saturated carbocycles. The minimum Gasteiger partial charge on any atom is -0.459 e. The van der Waals surface area contributed by atoms with Gasteiger partial charge in [0.1, 0.15) is 11.6 Å². The van der Waals surface area contributed by atoms with E-state index >= 15 is 0 Å². The fourth-order valence-electron chi connectivity index (χ4n) is 1.37. The van der Waals surface area contributed by atoms with Crippen LogP contribution in [0.15, 0.2) is 22.9 Å². The third-order valence-corrected chi connectivity index (χ3v) is 2.42. The van der Waals surface area contributed by atoms with Crippen LogP contribution < -0.4 is 5.32 Å². The van der Waals surface area contributed by atoms with Crippen LogP contribution in [0.2, 0.25) is 0 Å². The van der Waals surface area contributed by atoms with Gasteiger partial charge in [-0.25, -0.2) is 4.79 Å². The molecule has 1 unspecified atom stereocenters. The third kappa shape index (κ3) is 4.44. The molecule has 4 nitrogen and oxygen atoms in total. The van der Waals surface area contributed by atoms with Crippen LogP contribution in [0.3, 0.4) is 0 Å². The predicted molar refractivity (Wildman–Crippen MR) is 69.6 cm³/mol. The van der Waals surface area contributed by atoms with Gasteiger partial charge in [0, 0.05) is 16.9 Å². The maximum atomic E-state index is 12.0. The number of hydrogen-bond donors (Lipinski definition) is 1. The van der Waals surface area contributed by atoms with Crippen LogP contribution >= 0.6 is 15.9 Å². The summed E-state index contributed by atoms with van der Waals surface area (Å²) in [6.45, 7) is 5.53. The highest BCUT2D eigenvalue weighted by atomic mass is 79.9. The first kappa shape index (κ1) is 14.1. The van der Waals surface area contributed by atoms with Crippen molar-refractivity contribution in [3.8, 4) is 0 Å². The number of aromatic nitrogens is 1. The zero-order valence-electron chi connectivity index (χ0n) is 10.5. The lowest BCUT2D eigenvalue weighted by molar-refractivity contribution is -0.157. The Morgan fingerprint density at radius 2 is 2.12 bits per heavy atom. The molecule has 0 spiro atoms. The summed E-state index contributed by atoms with van der Waals surface area (Å²) in [7, 11) is 1.72. The Morgan fingerprint density at radius 1 is 1.47 bits per heavy atom. The molecule has 5 heteroatoms. The number of esters is 1. The lowest BCUT2D eigenvalue weighted by Crippen LogP contribution is -2.33. The molecule has 0 aliphatic rings. The Kier molecular flexibility index (Phi) is 4.65. The van der Waals surface area contributed by atoms with Crippen molar-refractivity contribution >= 4 is 21.9 Å². The molecular weight excluding hydrogens is 284 g/mol. The smallest absolute Gasteiger partial charge is 0.328 e. The van der Waals surface area contributed by atoms with E-state index < -0.39 is 11.6 Å². The summed E-state index contributed by atoms with van der Waals surface area (Å²) < 4.78 is 6.17. The zero-order chi connectivity index (χ0) is 13.1. The van der Waals surface area contributed by atoms with Gasteiger partial charge in [-0.2, -0.15) is 0 Å². The van der Waals surface area contributed by atoms with Crippen molar-refractivity contribution in [2.24, 2.45) is 0 Å². The molecule has 0 fully saturated rings. The number of pyridine rings is 1. The number of hydrogen-bond acceptors (Lipinski definition) is 4. The van der Waals surface area contributed by atoms with Crippen molar-refractivity contribution in [3.63, 3.8) is 0 Å². The van der Waals surface area contributed by atoms with Gasteiger partial charge in [0.25, 0.3) is 0 Å². The Balaban J connectivity index is 2.88. The summed E-state index contributed by atoms with van der Waals surface area (Å²) in [5, 5.41) is 2.93. The third-order valence-electron chi connectivity index (χ3n) is 1.99. The fourth-order valence-corrected chi connectivity index (χ4v) is 1.75. The lowest BCUT2D eigenvalue weighted by atomic mass is 10.1. The summed E-state index contributed by atoms with van der Waals surface area (Å²) >= 11 is 3.33. The number of halogens is 1. The zero-order valence-corrected chi connectivity index (χ0v) is 12.0. The number of rotatable bonds is 3. The van der Waals surface area contributed by atoms with E-state index in [1.54, 1.807) is 19.4 Å². The van der Waals surface area contributed by atoms with Gasteiger partial charge >= 0.3 is 5.97 Å². The molecule has 1 rings (SSSR count). The number of nitrogens with one attached hydrogen (secondary N) is 1. The van der Waals surface area contributed by atoms with Crippen LogP contribution in [0.5, 0.6) is 0 Å². The molecule has 1 aromatic rings. The summed E-state index contributed by atoms with van der Waals surface area (Å²) in [5.74, 6) is -0.306. The molecule has 94 valence electrons. The molecule has 0 aromatic carbocycles. The first-order valence-electron chi connectivity index (χ1n) is 5.34. The standard InChI is InChI=1S/C12H17BrN2O2/c1-12(2,3)17-11(16)10(14-4)8-5-9(13)7-15-6-8/h5-7,10,14H,1-4H3. The average molecular weight is 301 g/mol. The first-order valence-corrected chi connectivity index (χ1v) is 6.13. The van der Waals surface area contributed by atoms with Gasteiger partial charge in [-0.1, -0.05) is 0 Å². The highest BCUT2D eigenvalue weighted by Crippen LogP contribution is 2.20. The Morgan fingerprint density at radius 3 is 2.59 bits per heavy atom. The molecule has 0 amide bonds. The van der Waals surface area contributed by atoms with Crippen LogP contribution in [0.4, 0.5) is 0 Å². The molecule has 0 aliphatic heterocycles. The van der Waals surface area contributed by atoms with Crippen molar-refractivity contribution in [3.05, 3.63) is 28.5 Å². The molecule has 0 radical (unpaired) electrons. The molecular formula is C12H17BrN2O2. The molecule has 1 atom stereocenters. The number of carbonyl (C=O) groups is 1. The van der Waals surface area contributed by atoms with Gasteiger partial charge < -0.3 is 10.1 Å². The van der Waals surface area contributed by atoms with Crippen LogP contribution in [-0.2, 0) is 9.53 Å². The quantitative estimate of drug-likeness (QED) is 0.871. The molecule has 17 heavy (non-hydrogen) atoms. The number of carbonyl (C=O) groups excluding carboxylic acids is 1. The normalized spacial score (nSPS) is 13.2. The van der Waals surface area contributed by atoms with Gasteiger partial charge in [0.2, 0.25) is 0 Å². The highest BCUT2D eigenvalue weighted by molar-refractivity contribution is 9.10. The summed E-state index contributed by atoms with van der Waals surface area (Å²) in [6, 6.07) is 1.34. The van der Waals surface area contributed by atoms with Crippen molar-refractivity contribution in [1.82, 2.24) is 10.3 Å². The van der Waals surface area contributed by atoms with E-state index in [0.29, 0.717) is 0 Å². The Bertz CT molecular complexity index is 402. The van der Waals surface area contributed by atoms with Crippen LogP contribution in [0.1, 0.15) is 32.4 Å². The van der Waals surface area contributed by atoms with Gasteiger partial charge in [0.15, 0.2) is 0 Å². The maximum absolute atomic E-state index is 12.0. The van der Waals surface area contributed by atoms with E-state index in [2.05, 4.69) is 26.2 Å². The minimum absolute atomic E-state index is 0.306. The summed E-state index contributed by atoms with van der Waals surface area (Å²) in [5.41, 5.74) is 0.280. The van der Waals surface area contributed by atoms with E-state index in [-0.39, 0.29) is 5.97 Å². The monoisotopic (exact) mass is 300 g/mol. The Labute approximate surface area is 110 Å². The second-order valence-corrected chi connectivity index (χ2v) is 5.61. The van der Waals surface area contributed by atoms with Gasteiger partial charge in [0.05, 0.1) is 0 Å². The fraction of sp³-hybridized carbons (Fsp3) is 0.500. The van der Waals surface area contributed by atoms with Gasteiger partial charge in [-0.3, -0.25) is 4.98 Å². The lowest BCUT2D eigenvalue weighted by Gasteiger charge is -2.23. The average Bonchev–Trinajstić information content (AvgIpc) is 2.15. The van der Waals surface area contributed by atoms with Crippen molar-refractivity contribution in [2.45, 2.75) is 32.4 Å². The van der Waals surface area contributed by atoms with Gasteiger partial charge in [-0.05, 0) is 55.4 Å². The number of likely N-dealkylation sites (N-methyl/N-ethyl adjacent to an activating group) is 1. The first-order chi connectivity index (χ1) is 7.83. The largest absolute Gasteiger partial charge is 0.459 e. The molecule has 0 aliphatic carbocycles. The highest BCUT2D eigenvalue weighted by Gasteiger charge is 2.25. The molecule has 1 heterocycles. The minimum atomic E-state index is -0.501. The number of nitrogens with zero attached hydrogens (tertiary/aromatic N) is 1. The summed E-state index contributed by atoms with van der Waals surface area (Å²) in [6.07, 6.45) is 3.32. The second kappa shape index (κ2) is 5.60. The second-order valence-electron chi connectivity index (χ2n) is 4.69. The molecule has 1 N–H and O–H groups in total. The van der Waals surface area contributed by atoms with Crippen LogP contribution in [0, 0.1) is 0 Å². The van der Waals surface area contributed by atoms with E-state index in [0.717, 1.165) is 10.0 Å². The topological polar surface area (TPSA) is 51.2 Å². The molecule has 0 bridgehead atoms. The van der Waals surface area contributed by atoms with E-state index in [9.17, 15) is 4.79 Å². The van der Waals surface area contributed by atoms with Crippen LogP contribution in [-0.4, -0.2) is 23.6 Å². The van der Waals surface area contributed by atoms with Gasteiger partial charge in [-0.15, -0.1) is 0 Å². The van der Waals surface area contributed by atoms with Crippen molar-refractivity contribution in [1.29, 1.82) is 0 Å². The predicted octanol–water partition coefficient (Wildman–Crippen LogP) is 2.45. The van der Waals surface area contributed by atoms with Crippen molar-refractivity contribution < 1.29 is 9.53 Å². The van der Waals surface area contributed by atoms with E-state index in [1.165, 1.54) is 0 Å². The summed E-state index contributed by atoms with van der Waals surface area (Å²) in [4.78, 5) is 16.0. The molecule has 1 aromatic heterocycles. The maximum Gasteiger partial charge on any atom is 0.328 e. The van der Waals surface area contributed by atoms with E-state index in [1.807, 2.05) is 26.8 Å². The van der Waals surface area contributed by atoms with E-state index in [4.69, 9.17) is 4.74 Å².